The molecule has 0 radical (unpaired) electrons. The molecule has 0 aliphatic heterocycles. The lowest BCUT2D eigenvalue weighted by Gasteiger charge is -1.83. The van der Waals surface area contributed by atoms with Gasteiger partial charge in [-0.25, -0.2) is 0 Å². The molecule has 0 aliphatic carbocycles. The monoisotopic (exact) mass is 200 g/mol. The van der Waals surface area contributed by atoms with Crippen LogP contribution in [-0.2, 0) is 5.88 Å². The average molecular weight is 201 g/mol. The van der Waals surface area contributed by atoms with Crippen molar-refractivity contribution in [1.29, 1.82) is 0 Å². The molecular weight excluding hydrogens is 196 g/mol. The molecule has 3 nitrogen and oxygen atoms in total. The minimum absolute atomic E-state index is 0.262. The Kier molecular flexibility index (Phi) is 2.10. The summed E-state index contributed by atoms with van der Waals surface area (Å²) in [5.41, 5.74) is 0. The molecule has 0 spiro atoms. The van der Waals surface area contributed by atoms with Gasteiger partial charge in [-0.05, 0) is 11.4 Å². The maximum Gasteiger partial charge on any atom is 0.257 e. The minimum Gasteiger partial charge on any atom is -0.419 e. The predicted molar refractivity (Wildman–Crippen MR) is 47.2 cm³/mol. The summed E-state index contributed by atoms with van der Waals surface area (Å²) in [6.45, 7) is 0. The number of thiophene rings is 1. The van der Waals surface area contributed by atoms with Gasteiger partial charge in [0, 0.05) is 0 Å². The Morgan fingerprint density at radius 2 is 2.42 bits per heavy atom. The smallest absolute Gasteiger partial charge is 0.257 e. The molecule has 2 aromatic rings. The number of halogens is 1. The van der Waals surface area contributed by atoms with Gasteiger partial charge in [0.15, 0.2) is 0 Å². The number of nitrogens with zero attached hydrogens (tertiary/aromatic N) is 2. The summed E-state index contributed by atoms with van der Waals surface area (Å²) in [6, 6.07) is 3.86. The van der Waals surface area contributed by atoms with Crippen molar-refractivity contribution < 1.29 is 4.42 Å². The highest BCUT2D eigenvalue weighted by Gasteiger charge is 2.07. The third-order valence-electron chi connectivity index (χ3n) is 1.31. The molecule has 0 saturated carbocycles. The average Bonchev–Trinajstić information content (AvgIpc) is 2.75. The molecule has 2 aromatic heterocycles. The van der Waals surface area contributed by atoms with E-state index >= 15 is 0 Å². The zero-order valence-electron chi connectivity index (χ0n) is 6.03. The van der Waals surface area contributed by atoms with Crippen LogP contribution in [0.15, 0.2) is 21.9 Å². The zero-order chi connectivity index (χ0) is 8.39. The van der Waals surface area contributed by atoms with E-state index in [-0.39, 0.29) is 5.88 Å². The first kappa shape index (κ1) is 7.76. The first-order valence-electron chi connectivity index (χ1n) is 3.32. The van der Waals surface area contributed by atoms with Crippen LogP contribution in [0, 0.1) is 0 Å². The van der Waals surface area contributed by atoms with Crippen LogP contribution in [0.1, 0.15) is 5.89 Å². The third kappa shape index (κ3) is 1.35. The van der Waals surface area contributed by atoms with Crippen molar-refractivity contribution in [2.45, 2.75) is 5.88 Å². The van der Waals surface area contributed by atoms with Gasteiger partial charge < -0.3 is 4.42 Å². The highest BCUT2D eigenvalue weighted by Crippen LogP contribution is 2.23. The predicted octanol–water partition coefficient (Wildman–Crippen LogP) is 2.54. The Morgan fingerprint density at radius 1 is 1.50 bits per heavy atom. The zero-order valence-corrected chi connectivity index (χ0v) is 7.60. The second-order valence-corrected chi connectivity index (χ2v) is 3.33. The van der Waals surface area contributed by atoms with Crippen LogP contribution in [-0.4, -0.2) is 10.2 Å². The van der Waals surface area contributed by atoms with Crippen LogP contribution in [0.2, 0.25) is 0 Å². The fourth-order valence-corrected chi connectivity index (χ4v) is 1.56. The second kappa shape index (κ2) is 3.25. The molecule has 0 fully saturated rings. The van der Waals surface area contributed by atoms with Gasteiger partial charge in [0.1, 0.15) is 5.88 Å². The highest BCUT2D eigenvalue weighted by atomic mass is 35.5. The fraction of sp³-hybridized carbons (Fsp3) is 0.143. The molecule has 2 heterocycles. The summed E-state index contributed by atoms with van der Waals surface area (Å²) in [5, 5.41) is 9.55. The normalized spacial score (nSPS) is 10.4. The van der Waals surface area contributed by atoms with E-state index in [0.29, 0.717) is 11.8 Å². The van der Waals surface area contributed by atoms with Crippen molar-refractivity contribution in [3.63, 3.8) is 0 Å². The van der Waals surface area contributed by atoms with E-state index in [2.05, 4.69) is 10.2 Å². The first-order chi connectivity index (χ1) is 5.90. The van der Waals surface area contributed by atoms with Gasteiger partial charge in [-0.1, -0.05) is 6.07 Å². The molecule has 0 atom stereocenters. The number of aromatic nitrogens is 2. The number of hydrogen-bond donors (Lipinski definition) is 0. The molecule has 62 valence electrons. The van der Waals surface area contributed by atoms with Crippen LogP contribution in [0.4, 0.5) is 0 Å². The summed E-state index contributed by atoms with van der Waals surface area (Å²) in [5.74, 6) is 1.26. The maximum atomic E-state index is 5.51. The molecule has 12 heavy (non-hydrogen) atoms. The number of rotatable bonds is 2. The number of alkyl halides is 1. The topological polar surface area (TPSA) is 38.9 Å². The summed E-state index contributed by atoms with van der Waals surface area (Å²) < 4.78 is 5.23. The van der Waals surface area contributed by atoms with Crippen LogP contribution in [0.3, 0.4) is 0 Å². The summed E-state index contributed by atoms with van der Waals surface area (Å²) in [4.78, 5) is 0.971. The molecule has 2 rings (SSSR count). The lowest BCUT2D eigenvalue weighted by atomic mass is 10.5. The maximum absolute atomic E-state index is 5.51. The quantitative estimate of drug-likeness (QED) is 0.700. The highest BCUT2D eigenvalue weighted by molar-refractivity contribution is 7.13. The first-order valence-corrected chi connectivity index (χ1v) is 4.74. The van der Waals surface area contributed by atoms with Crippen molar-refractivity contribution in [2.24, 2.45) is 0 Å². The molecule has 0 aromatic carbocycles. The van der Waals surface area contributed by atoms with Gasteiger partial charge in [0.05, 0.1) is 4.88 Å². The molecule has 5 heteroatoms. The van der Waals surface area contributed by atoms with E-state index in [0.717, 1.165) is 4.88 Å². The van der Waals surface area contributed by atoms with Crippen LogP contribution >= 0.6 is 22.9 Å². The Bertz CT molecular complexity index is 357. The van der Waals surface area contributed by atoms with E-state index in [4.69, 9.17) is 16.0 Å². The van der Waals surface area contributed by atoms with Gasteiger partial charge in [0.25, 0.3) is 5.89 Å². The third-order valence-corrected chi connectivity index (χ3v) is 2.40. The standard InChI is InChI=1S/C7H5ClN2OS/c8-4-6-9-10-7(11-6)5-2-1-3-12-5/h1-3H,4H2. The van der Waals surface area contributed by atoms with E-state index in [1.54, 1.807) is 11.3 Å². The van der Waals surface area contributed by atoms with Gasteiger partial charge in [-0.3, -0.25) is 0 Å². The van der Waals surface area contributed by atoms with Crippen molar-refractivity contribution in [2.75, 3.05) is 0 Å². The van der Waals surface area contributed by atoms with Crippen LogP contribution in [0.5, 0.6) is 0 Å². The van der Waals surface area contributed by atoms with Crippen molar-refractivity contribution >= 4 is 22.9 Å². The van der Waals surface area contributed by atoms with Crippen molar-refractivity contribution in [3.05, 3.63) is 23.4 Å². The van der Waals surface area contributed by atoms with E-state index in [1.165, 1.54) is 0 Å². The number of hydrogen-bond acceptors (Lipinski definition) is 4. The largest absolute Gasteiger partial charge is 0.419 e. The summed E-state index contributed by atoms with van der Waals surface area (Å²) in [7, 11) is 0. The molecule has 0 saturated heterocycles. The molecular formula is C7H5ClN2OS. The van der Waals surface area contributed by atoms with Crippen molar-refractivity contribution in [1.82, 2.24) is 10.2 Å². The molecule has 0 amide bonds. The molecule has 0 unspecified atom stereocenters. The molecule has 0 N–H and O–H groups in total. The van der Waals surface area contributed by atoms with Crippen molar-refractivity contribution in [3.8, 4) is 10.8 Å². The Balaban J connectivity index is 2.35. The fourth-order valence-electron chi connectivity index (χ4n) is 0.807. The Morgan fingerprint density at radius 3 is 3.00 bits per heavy atom. The van der Waals surface area contributed by atoms with Crippen LogP contribution in [0.25, 0.3) is 10.8 Å². The lowest BCUT2D eigenvalue weighted by molar-refractivity contribution is 0.528. The van der Waals surface area contributed by atoms with E-state index in [9.17, 15) is 0 Å². The molecule has 0 aliphatic rings. The minimum atomic E-state index is 0.262. The lowest BCUT2D eigenvalue weighted by Crippen LogP contribution is -1.73. The van der Waals surface area contributed by atoms with Gasteiger partial charge in [-0.2, -0.15) is 0 Å². The van der Waals surface area contributed by atoms with Gasteiger partial charge in [-0.15, -0.1) is 33.1 Å². The SMILES string of the molecule is ClCc1nnc(-c2cccs2)o1. The molecule has 0 bridgehead atoms. The van der Waals surface area contributed by atoms with Gasteiger partial charge >= 0.3 is 0 Å². The second-order valence-electron chi connectivity index (χ2n) is 2.11. The van der Waals surface area contributed by atoms with E-state index < -0.39 is 0 Å². The van der Waals surface area contributed by atoms with E-state index in [1.807, 2.05) is 17.5 Å². The Labute approximate surface area is 78.0 Å². The summed E-state index contributed by atoms with van der Waals surface area (Å²) >= 11 is 7.07. The summed E-state index contributed by atoms with van der Waals surface area (Å²) in [6.07, 6.45) is 0. The van der Waals surface area contributed by atoms with Crippen LogP contribution < -0.4 is 0 Å². The van der Waals surface area contributed by atoms with Gasteiger partial charge in [0.2, 0.25) is 5.89 Å². The Hall–Kier alpha value is -0.870.